The van der Waals surface area contributed by atoms with Crippen molar-refractivity contribution in [3.63, 3.8) is 0 Å². The molecule has 0 saturated carbocycles. The Kier molecular flexibility index (Phi) is 5.92. The van der Waals surface area contributed by atoms with Crippen molar-refractivity contribution < 1.29 is 31.9 Å². The Morgan fingerprint density at radius 1 is 1.13 bits per heavy atom. The Morgan fingerprint density at radius 3 is 2.39 bits per heavy atom. The molecule has 14 heteroatoms. The number of anilines is 1. The fourth-order valence-corrected chi connectivity index (χ4v) is 3.45. The van der Waals surface area contributed by atoms with E-state index in [-0.39, 0.29) is 4.90 Å². The summed E-state index contributed by atoms with van der Waals surface area (Å²) in [5.41, 5.74) is -1.05. The minimum Gasteiger partial charge on any atom is -0.480 e. The number of carboxylic acids is 1. The van der Waals surface area contributed by atoms with E-state index >= 15 is 0 Å². The van der Waals surface area contributed by atoms with Crippen molar-refractivity contribution in [1.29, 1.82) is 0 Å². The van der Waals surface area contributed by atoms with Crippen LogP contribution < -0.4 is 10.0 Å². The molecule has 162 valence electrons. The number of carboxylic acid groups (broad SMARTS) is 1. The zero-order valence-corrected chi connectivity index (χ0v) is 16.5. The lowest BCUT2D eigenvalue weighted by atomic mass is 10.1. The Bertz CT molecular complexity index is 1230. The fourth-order valence-electron chi connectivity index (χ4n) is 2.40. The van der Waals surface area contributed by atoms with Gasteiger partial charge in [0.15, 0.2) is 0 Å². The lowest BCUT2D eigenvalue weighted by molar-refractivity contribution is -0.138. The summed E-state index contributed by atoms with van der Waals surface area (Å²) in [7, 11) is -4.30. The van der Waals surface area contributed by atoms with Crippen molar-refractivity contribution >= 4 is 27.6 Å². The van der Waals surface area contributed by atoms with Crippen LogP contribution in [0.2, 0.25) is 0 Å². The molecule has 3 N–H and O–H groups in total. The van der Waals surface area contributed by atoms with Crippen LogP contribution in [0.5, 0.6) is 0 Å². The zero-order chi connectivity index (χ0) is 22.8. The number of amides is 1. The highest BCUT2D eigenvalue weighted by Crippen LogP contribution is 2.23. The third kappa shape index (κ3) is 4.80. The molecule has 2 aromatic carbocycles. The number of aliphatic carboxylic acids is 1. The smallest absolute Gasteiger partial charge is 0.325 e. The number of rotatable bonds is 7. The number of halogens is 2. The van der Waals surface area contributed by atoms with Gasteiger partial charge in [-0.05, 0) is 47.7 Å². The average molecular weight is 452 g/mol. The summed E-state index contributed by atoms with van der Waals surface area (Å²) in [5.74, 6) is -5.02. The molecule has 1 atom stereocenters. The highest BCUT2D eigenvalue weighted by molar-refractivity contribution is 7.92. The van der Waals surface area contributed by atoms with Crippen molar-refractivity contribution in [1.82, 2.24) is 25.5 Å². The Balaban J connectivity index is 1.82. The van der Waals surface area contributed by atoms with E-state index in [1.807, 2.05) is 10.0 Å². The van der Waals surface area contributed by atoms with Crippen LogP contribution in [0.1, 0.15) is 17.3 Å². The maximum atomic E-state index is 14.4. The largest absolute Gasteiger partial charge is 0.480 e. The second-order valence-corrected chi connectivity index (χ2v) is 7.88. The Morgan fingerprint density at radius 2 is 1.81 bits per heavy atom. The highest BCUT2D eigenvalue weighted by atomic mass is 32.2. The third-order valence-corrected chi connectivity index (χ3v) is 5.41. The number of nitrogens with one attached hydrogen (secondary N) is 2. The molecule has 0 radical (unpaired) electrons. The van der Waals surface area contributed by atoms with Crippen LogP contribution >= 0.6 is 0 Å². The van der Waals surface area contributed by atoms with E-state index in [1.54, 1.807) is 0 Å². The van der Waals surface area contributed by atoms with Gasteiger partial charge in [-0.25, -0.2) is 21.9 Å². The van der Waals surface area contributed by atoms with Gasteiger partial charge in [0.05, 0.1) is 21.8 Å². The maximum Gasteiger partial charge on any atom is 0.325 e. The summed E-state index contributed by atoms with van der Waals surface area (Å²) in [4.78, 5) is 22.5. The number of hydrogen-bond acceptors (Lipinski definition) is 7. The van der Waals surface area contributed by atoms with Gasteiger partial charge in [0.1, 0.15) is 24.0 Å². The van der Waals surface area contributed by atoms with Gasteiger partial charge in [-0.2, -0.15) is 0 Å². The first kappa shape index (κ1) is 21.8. The van der Waals surface area contributed by atoms with Crippen LogP contribution in [0.3, 0.4) is 0 Å². The molecular weight excluding hydrogens is 438 g/mol. The number of tetrazole rings is 1. The lowest BCUT2D eigenvalue weighted by Gasteiger charge is -2.13. The molecule has 0 saturated heterocycles. The number of sulfonamides is 1. The van der Waals surface area contributed by atoms with Crippen molar-refractivity contribution in [2.75, 3.05) is 4.72 Å². The van der Waals surface area contributed by atoms with E-state index in [0.717, 1.165) is 6.92 Å². The molecule has 31 heavy (non-hydrogen) atoms. The molecule has 1 aromatic heterocycles. The van der Waals surface area contributed by atoms with E-state index in [1.165, 1.54) is 35.3 Å². The van der Waals surface area contributed by atoms with E-state index in [0.29, 0.717) is 17.8 Å². The number of aromatic nitrogens is 4. The van der Waals surface area contributed by atoms with Gasteiger partial charge >= 0.3 is 5.97 Å². The molecule has 0 spiro atoms. The van der Waals surface area contributed by atoms with Crippen LogP contribution in [0.25, 0.3) is 5.69 Å². The summed E-state index contributed by atoms with van der Waals surface area (Å²) in [6, 6.07) is 4.84. The van der Waals surface area contributed by atoms with Gasteiger partial charge in [0.2, 0.25) is 0 Å². The highest BCUT2D eigenvalue weighted by Gasteiger charge is 2.23. The molecule has 1 amide bonds. The second-order valence-electron chi connectivity index (χ2n) is 6.20. The number of nitrogens with zero attached hydrogens (tertiary/aromatic N) is 4. The van der Waals surface area contributed by atoms with E-state index < -0.39 is 50.8 Å². The molecular formula is C17H14F2N6O5S. The summed E-state index contributed by atoms with van der Waals surface area (Å²) < 4.78 is 56.9. The van der Waals surface area contributed by atoms with Gasteiger partial charge in [-0.1, -0.05) is 0 Å². The number of carbonyl (C=O) groups is 2. The monoisotopic (exact) mass is 452 g/mol. The summed E-state index contributed by atoms with van der Waals surface area (Å²) in [5, 5.41) is 21.3. The number of carbonyl (C=O) groups excluding carboxylic acids is 1. The average Bonchev–Trinajstić information content (AvgIpc) is 3.25. The van der Waals surface area contributed by atoms with Crippen molar-refractivity contribution in [2.45, 2.75) is 17.9 Å². The quantitative estimate of drug-likeness (QED) is 0.478. The predicted molar refractivity (Wildman–Crippen MR) is 101 cm³/mol. The van der Waals surface area contributed by atoms with Crippen LogP contribution in [-0.4, -0.2) is 51.6 Å². The van der Waals surface area contributed by atoms with Crippen LogP contribution in [-0.2, 0) is 14.8 Å². The number of benzene rings is 2. The fraction of sp³-hybridized carbons (Fsp3) is 0.118. The molecule has 0 unspecified atom stereocenters. The standard InChI is InChI=1S/C17H14F2N6O5S/c1-9(17(27)28)21-16(26)12-6-14(19)15(7-13(12)18)22-31(29,30)11-4-2-10(3-5-11)25-8-20-23-24-25/h2-9,22H,1H3,(H,21,26)(H,27,28)/t9-/m0/s1. The topological polar surface area (TPSA) is 156 Å². The van der Waals surface area contributed by atoms with Gasteiger partial charge in [0, 0.05) is 6.07 Å². The first-order valence-electron chi connectivity index (χ1n) is 8.47. The van der Waals surface area contributed by atoms with Gasteiger partial charge < -0.3 is 10.4 Å². The normalized spacial score (nSPS) is 12.2. The zero-order valence-electron chi connectivity index (χ0n) is 15.7. The molecule has 11 nitrogen and oxygen atoms in total. The van der Waals surface area contributed by atoms with Gasteiger partial charge in [-0.3, -0.25) is 14.3 Å². The van der Waals surface area contributed by atoms with Crippen LogP contribution in [0.15, 0.2) is 47.6 Å². The van der Waals surface area contributed by atoms with Crippen molar-refractivity contribution in [3.05, 3.63) is 59.9 Å². The molecule has 0 fully saturated rings. The number of hydrogen-bond donors (Lipinski definition) is 3. The molecule has 3 rings (SSSR count). The first-order chi connectivity index (χ1) is 14.6. The van der Waals surface area contributed by atoms with Crippen molar-refractivity contribution in [2.24, 2.45) is 0 Å². The second kappa shape index (κ2) is 8.43. The summed E-state index contributed by atoms with van der Waals surface area (Å²) >= 11 is 0. The predicted octanol–water partition coefficient (Wildman–Crippen LogP) is 0.944. The molecule has 0 aliphatic rings. The minimum atomic E-state index is -4.30. The van der Waals surface area contributed by atoms with Gasteiger partial charge in [-0.15, -0.1) is 5.10 Å². The van der Waals surface area contributed by atoms with Crippen LogP contribution in [0.4, 0.5) is 14.5 Å². The first-order valence-corrected chi connectivity index (χ1v) is 9.96. The van der Waals surface area contributed by atoms with E-state index in [4.69, 9.17) is 5.11 Å². The minimum absolute atomic E-state index is 0.249. The van der Waals surface area contributed by atoms with E-state index in [2.05, 4.69) is 15.5 Å². The lowest BCUT2D eigenvalue weighted by Crippen LogP contribution is -2.38. The van der Waals surface area contributed by atoms with Crippen molar-refractivity contribution in [3.8, 4) is 5.69 Å². The Labute approximate surface area is 173 Å². The molecule has 0 aliphatic heterocycles. The summed E-state index contributed by atoms with van der Waals surface area (Å²) in [6.45, 7) is 1.14. The molecule has 0 aliphatic carbocycles. The third-order valence-electron chi connectivity index (χ3n) is 4.02. The molecule has 3 aromatic rings. The van der Waals surface area contributed by atoms with Gasteiger partial charge in [0.25, 0.3) is 15.9 Å². The SMILES string of the molecule is C[C@H](NC(=O)c1cc(F)c(NS(=O)(=O)c2ccc(-n3cnnn3)cc2)cc1F)C(=O)O. The summed E-state index contributed by atoms with van der Waals surface area (Å²) in [6.07, 6.45) is 1.30. The van der Waals surface area contributed by atoms with E-state index in [9.17, 15) is 26.8 Å². The maximum absolute atomic E-state index is 14.4. The molecule has 0 bridgehead atoms. The Hall–Kier alpha value is -3.94. The molecule has 1 heterocycles. The van der Waals surface area contributed by atoms with Crippen LogP contribution in [0, 0.1) is 11.6 Å².